The Morgan fingerprint density at radius 3 is 2.62 bits per heavy atom. The van der Waals surface area contributed by atoms with Gasteiger partial charge in [0.15, 0.2) is 0 Å². The summed E-state index contributed by atoms with van der Waals surface area (Å²) in [6.45, 7) is 3.80. The summed E-state index contributed by atoms with van der Waals surface area (Å²) in [4.78, 5) is 2.09. The summed E-state index contributed by atoms with van der Waals surface area (Å²) in [7, 11) is 1.94. The summed E-state index contributed by atoms with van der Waals surface area (Å²) >= 11 is 0. The van der Waals surface area contributed by atoms with Gasteiger partial charge in [0.05, 0.1) is 5.56 Å². The molecule has 1 aromatic rings. The minimum atomic E-state index is -4.29. The summed E-state index contributed by atoms with van der Waals surface area (Å²) in [5, 5.41) is 3.34. The van der Waals surface area contributed by atoms with Crippen LogP contribution in [0.3, 0.4) is 0 Å². The molecule has 1 N–H and O–H groups in total. The highest BCUT2D eigenvalue weighted by molar-refractivity contribution is 5.32. The Morgan fingerprint density at radius 2 is 1.90 bits per heavy atom. The summed E-state index contributed by atoms with van der Waals surface area (Å²) in [5.74, 6) is 0. The van der Waals surface area contributed by atoms with Crippen molar-refractivity contribution in [3.05, 3.63) is 35.4 Å². The number of hydrogen-bond acceptors (Lipinski definition) is 2. The molecule has 0 aromatic heterocycles. The standard InChI is InChI=1S/C16H23F3N2/c1-12(21(2)13-6-5-10-20-11-9-13)14-7-3-4-8-15(14)16(17,18)19/h3-4,7-8,12-13,20H,5-6,9-11H2,1-2H3. The van der Waals surface area contributed by atoms with Crippen LogP contribution in [-0.2, 0) is 6.18 Å². The van der Waals surface area contributed by atoms with Crippen LogP contribution < -0.4 is 5.32 Å². The number of rotatable bonds is 3. The highest BCUT2D eigenvalue weighted by atomic mass is 19.4. The van der Waals surface area contributed by atoms with Crippen LogP contribution in [0.25, 0.3) is 0 Å². The fourth-order valence-electron chi connectivity index (χ4n) is 3.06. The van der Waals surface area contributed by atoms with E-state index >= 15 is 0 Å². The second kappa shape index (κ2) is 6.79. The molecular weight excluding hydrogens is 277 g/mol. The van der Waals surface area contributed by atoms with Crippen LogP contribution in [0.2, 0.25) is 0 Å². The molecule has 1 aliphatic rings. The van der Waals surface area contributed by atoms with Gasteiger partial charge in [-0.2, -0.15) is 13.2 Å². The van der Waals surface area contributed by atoms with Gasteiger partial charge in [-0.05, 0) is 58.0 Å². The third-order valence-electron chi connectivity index (χ3n) is 4.45. The van der Waals surface area contributed by atoms with E-state index in [0.717, 1.165) is 32.4 Å². The molecule has 118 valence electrons. The fourth-order valence-corrected chi connectivity index (χ4v) is 3.06. The normalized spacial score (nSPS) is 22.1. The maximum absolute atomic E-state index is 13.2. The van der Waals surface area contributed by atoms with Crippen LogP contribution in [0.15, 0.2) is 24.3 Å². The second-order valence-corrected chi connectivity index (χ2v) is 5.76. The predicted molar refractivity (Wildman–Crippen MR) is 78.1 cm³/mol. The first-order chi connectivity index (χ1) is 9.91. The van der Waals surface area contributed by atoms with Gasteiger partial charge >= 0.3 is 6.18 Å². The molecule has 1 heterocycles. The van der Waals surface area contributed by atoms with Crippen molar-refractivity contribution < 1.29 is 13.2 Å². The second-order valence-electron chi connectivity index (χ2n) is 5.76. The lowest BCUT2D eigenvalue weighted by Gasteiger charge is -2.34. The highest BCUT2D eigenvalue weighted by Gasteiger charge is 2.35. The van der Waals surface area contributed by atoms with Gasteiger partial charge in [-0.1, -0.05) is 18.2 Å². The van der Waals surface area contributed by atoms with Crippen LogP contribution in [0, 0.1) is 0 Å². The first kappa shape index (κ1) is 16.3. The molecule has 1 saturated heterocycles. The Hall–Kier alpha value is -1.07. The molecule has 2 nitrogen and oxygen atoms in total. The van der Waals surface area contributed by atoms with E-state index in [2.05, 4.69) is 10.2 Å². The molecular formula is C16H23F3N2. The van der Waals surface area contributed by atoms with Crippen LogP contribution in [0.1, 0.15) is 43.4 Å². The van der Waals surface area contributed by atoms with Crippen LogP contribution in [-0.4, -0.2) is 31.1 Å². The largest absolute Gasteiger partial charge is 0.416 e. The molecule has 0 amide bonds. The average molecular weight is 300 g/mol. The smallest absolute Gasteiger partial charge is 0.317 e. The quantitative estimate of drug-likeness (QED) is 0.912. The van der Waals surface area contributed by atoms with Gasteiger partial charge in [-0.25, -0.2) is 0 Å². The van der Waals surface area contributed by atoms with Gasteiger partial charge < -0.3 is 5.32 Å². The van der Waals surface area contributed by atoms with E-state index < -0.39 is 11.7 Å². The number of halogens is 3. The van der Waals surface area contributed by atoms with E-state index in [1.54, 1.807) is 12.1 Å². The molecule has 1 aromatic carbocycles. The van der Waals surface area contributed by atoms with Crippen molar-refractivity contribution in [1.82, 2.24) is 10.2 Å². The van der Waals surface area contributed by atoms with E-state index in [1.807, 2.05) is 14.0 Å². The SMILES string of the molecule is CC(c1ccccc1C(F)(F)F)N(C)C1CCCNCC1. The first-order valence-corrected chi connectivity index (χ1v) is 7.50. The van der Waals surface area contributed by atoms with Gasteiger partial charge in [0.2, 0.25) is 0 Å². The van der Waals surface area contributed by atoms with E-state index in [4.69, 9.17) is 0 Å². The predicted octanol–water partition coefficient (Wildman–Crippen LogP) is 3.84. The Morgan fingerprint density at radius 1 is 1.19 bits per heavy atom. The highest BCUT2D eigenvalue weighted by Crippen LogP contribution is 2.36. The number of alkyl halides is 3. The van der Waals surface area contributed by atoms with Crippen LogP contribution >= 0.6 is 0 Å². The number of nitrogens with one attached hydrogen (secondary N) is 1. The van der Waals surface area contributed by atoms with E-state index in [0.29, 0.717) is 11.6 Å². The minimum Gasteiger partial charge on any atom is -0.317 e. The van der Waals surface area contributed by atoms with Crippen molar-refractivity contribution in [3.63, 3.8) is 0 Å². The van der Waals surface area contributed by atoms with Gasteiger partial charge in [0, 0.05) is 12.1 Å². The maximum atomic E-state index is 13.2. The molecule has 2 atom stereocenters. The van der Waals surface area contributed by atoms with Crippen molar-refractivity contribution in [2.24, 2.45) is 0 Å². The Labute approximate surface area is 124 Å². The van der Waals surface area contributed by atoms with Crippen molar-refractivity contribution >= 4 is 0 Å². The van der Waals surface area contributed by atoms with Gasteiger partial charge in [0.25, 0.3) is 0 Å². The van der Waals surface area contributed by atoms with E-state index in [9.17, 15) is 13.2 Å². The van der Waals surface area contributed by atoms with Crippen molar-refractivity contribution in [2.45, 2.75) is 44.4 Å². The number of nitrogens with zero attached hydrogens (tertiary/aromatic N) is 1. The lowest BCUT2D eigenvalue weighted by molar-refractivity contribution is -0.138. The molecule has 1 fully saturated rings. The zero-order chi connectivity index (χ0) is 15.5. The molecule has 0 aliphatic carbocycles. The maximum Gasteiger partial charge on any atom is 0.416 e. The summed E-state index contributed by atoms with van der Waals surface area (Å²) in [6, 6.07) is 5.99. The molecule has 1 aliphatic heterocycles. The summed E-state index contributed by atoms with van der Waals surface area (Å²) < 4.78 is 39.5. The molecule has 0 radical (unpaired) electrons. The van der Waals surface area contributed by atoms with Gasteiger partial charge in [-0.3, -0.25) is 4.90 Å². The topological polar surface area (TPSA) is 15.3 Å². The summed E-state index contributed by atoms with van der Waals surface area (Å²) in [6.07, 6.45) is -1.21. The molecule has 21 heavy (non-hydrogen) atoms. The van der Waals surface area contributed by atoms with Crippen molar-refractivity contribution in [2.75, 3.05) is 20.1 Å². The lowest BCUT2D eigenvalue weighted by atomic mass is 9.97. The van der Waals surface area contributed by atoms with Gasteiger partial charge in [0.1, 0.15) is 0 Å². The van der Waals surface area contributed by atoms with Gasteiger partial charge in [-0.15, -0.1) is 0 Å². The Balaban J connectivity index is 2.21. The Kier molecular flexibility index (Phi) is 5.27. The molecule has 0 saturated carbocycles. The zero-order valence-corrected chi connectivity index (χ0v) is 12.6. The van der Waals surface area contributed by atoms with Crippen molar-refractivity contribution in [1.29, 1.82) is 0 Å². The third-order valence-corrected chi connectivity index (χ3v) is 4.45. The first-order valence-electron chi connectivity index (χ1n) is 7.50. The molecule has 0 bridgehead atoms. The van der Waals surface area contributed by atoms with Crippen LogP contribution in [0.4, 0.5) is 13.2 Å². The minimum absolute atomic E-state index is 0.245. The van der Waals surface area contributed by atoms with Crippen molar-refractivity contribution in [3.8, 4) is 0 Å². The molecule has 2 unspecified atom stereocenters. The Bertz CT molecular complexity index is 451. The molecule has 2 rings (SSSR count). The zero-order valence-electron chi connectivity index (χ0n) is 12.6. The monoisotopic (exact) mass is 300 g/mol. The summed E-state index contributed by atoms with van der Waals surface area (Å²) in [5.41, 5.74) is -0.152. The fraction of sp³-hybridized carbons (Fsp3) is 0.625. The molecule has 0 spiro atoms. The number of hydrogen-bond donors (Lipinski definition) is 1. The van der Waals surface area contributed by atoms with Crippen LogP contribution in [0.5, 0.6) is 0 Å². The average Bonchev–Trinajstić information content (AvgIpc) is 2.74. The number of benzene rings is 1. The van der Waals surface area contributed by atoms with E-state index in [1.165, 1.54) is 12.1 Å². The third kappa shape index (κ3) is 3.98. The molecule has 5 heteroatoms. The van der Waals surface area contributed by atoms with E-state index in [-0.39, 0.29) is 6.04 Å². The lowest BCUT2D eigenvalue weighted by Crippen LogP contribution is -2.35.